The first kappa shape index (κ1) is 21.8. The molecular formula is C26H30N4O2. The number of benzene rings is 2. The van der Waals surface area contributed by atoms with Crippen LogP contribution in [0.25, 0.3) is 11.3 Å². The van der Waals surface area contributed by atoms with Crippen molar-refractivity contribution in [1.82, 2.24) is 10.2 Å². The molecule has 0 spiro atoms. The number of hydrogen-bond acceptors (Lipinski definition) is 5. The molecule has 6 heteroatoms. The smallest absolute Gasteiger partial charge is 0.228 e. The number of rotatable bonds is 7. The molecule has 1 aliphatic rings. The molecule has 2 heterocycles. The standard InChI is InChI=1S/C26H30N4O2/c1-3-32-23-10-4-20(5-11-23)18-26(31)27-22-8-6-21(7-9-22)24-12-13-25(29-28-24)30-16-14-19(2)15-17-30/h4-13,19H,3,14-18H2,1-2H3,(H,27,31). The zero-order valence-electron chi connectivity index (χ0n) is 18.8. The van der Waals surface area contributed by atoms with Gasteiger partial charge in [0.2, 0.25) is 5.91 Å². The molecule has 4 rings (SSSR count). The van der Waals surface area contributed by atoms with Crippen molar-refractivity contribution in [3.8, 4) is 17.0 Å². The fraction of sp³-hybridized carbons (Fsp3) is 0.346. The first-order valence-electron chi connectivity index (χ1n) is 11.3. The van der Waals surface area contributed by atoms with E-state index in [9.17, 15) is 4.79 Å². The van der Waals surface area contributed by atoms with Crippen molar-refractivity contribution in [1.29, 1.82) is 0 Å². The first-order valence-corrected chi connectivity index (χ1v) is 11.3. The summed E-state index contributed by atoms with van der Waals surface area (Å²) in [6, 6.07) is 19.4. The molecule has 0 unspecified atom stereocenters. The van der Waals surface area contributed by atoms with Crippen molar-refractivity contribution >= 4 is 17.4 Å². The minimum Gasteiger partial charge on any atom is -0.494 e. The minimum absolute atomic E-state index is 0.0538. The number of nitrogens with one attached hydrogen (secondary N) is 1. The summed E-state index contributed by atoms with van der Waals surface area (Å²) in [5.74, 6) is 2.49. The first-order chi connectivity index (χ1) is 15.6. The van der Waals surface area contributed by atoms with Crippen molar-refractivity contribution in [2.45, 2.75) is 33.1 Å². The number of hydrogen-bond donors (Lipinski definition) is 1. The van der Waals surface area contributed by atoms with Gasteiger partial charge in [-0.2, -0.15) is 0 Å². The maximum absolute atomic E-state index is 12.4. The lowest BCUT2D eigenvalue weighted by molar-refractivity contribution is -0.115. The summed E-state index contributed by atoms with van der Waals surface area (Å²) in [6.45, 7) is 6.96. The van der Waals surface area contributed by atoms with Gasteiger partial charge >= 0.3 is 0 Å². The summed E-state index contributed by atoms with van der Waals surface area (Å²) in [6.07, 6.45) is 2.72. The zero-order valence-corrected chi connectivity index (χ0v) is 18.8. The summed E-state index contributed by atoms with van der Waals surface area (Å²) in [5.41, 5.74) is 3.50. The van der Waals surface area contributed by atoms with Crippen LogP contribution in [0.15, 0.2) is 60.7 Å². The largest absolute Gasteiger partial charge is 0.494 e. The number of aromatic nitrogens is 2. The molecule has 1 N–H and O–H groups in total. The Morgan fingerprint density at radius 1 is 1.00 bits per heavy atom. The molecule has 3 aromatic rings. The lowest BCUT2D eigenvalue weighted by atomic mass is 9.99. The SMILES string of the molecule is CCOc1ccc(CC(=O)Nc2ccc(-c3ccc(N4CCC(C)CC4)nn3)cc2)cc1. The number of carbonyl (C=O) groups excluding carboxylic acids is 1. The molecule has 32 heavy (non-hydrogen) atoms. The average Bonchev–Trinajstić information content (AvgIpc) is 2.82. The second-order valence-corrected chi connectivity index (χ2v) is 8.33. The molecule has 1 aliphatic heterocycles. The minimum atomic E-state index is -0.0538. The topological polar surface area (TPSA) is 67.3 Å². The van der Waals surface area contributed by atoms with Gasteiger partial charge in [-0.3, -0.25) is 4.79 Å². The van der Waals surface area contributed by atoms with Crippen LogP contribution >= 0.6 is 0 Å². The second kappa shape index (κ2) is 10.3. The molecule has 1 saturated heterocycles. The van der Waals surface area contributed by atoms with E-state index >= 15 is 0 Å². The van der Waals surface area contributed by atoms with Crippen molar-refractivity contribution in [2.75, 3.05) is 29.9 Å². The Bertz CT molecular complexity index is 1010. The molecule has 0 radical (unpaired) electrons. The van der Waals surface area contributed by atoms with Gasteiger partial charge in [-0.1, -0.05) is 31.2 Å². The Labute approximate surface area is 189 Å². The fourth-order valence-electron chi connectivity index (χ4n) is 3.87. The maximum Gasteiger partial charge on any atom is 0.228 e. The Hall–Kier alpha value is -3.41. The highest BCUT2D eigenvalue weighted by atomic mass is 16.5. The third kappa shape index (κ3) is 5.63. The lowest BCUT2D eigenvalue weighted by Gasteiger charge is -2.30. The molecule has 1 aromatic heterocycles. The normalized spacial score (nSPS) is 14.2. The summed E-state index contributed by atoms with van der Waals surface area (Å²) >= 11 is 0. The average molecular weight is 431 g/mol. The highest BCUT2D eigenvalue weighted by molar-refractivity contribution is 5.92. The molecule has 166 valence electrons. The number of carbonyl (C=O) groups is 1. The summed E-state index contributed by atoms with van der Waals surface area (Å²) in [4.78, 5) is 14.7. The van der Waals surface area contributed by atoms with Gasteiger partial charge in [-0.25, -0.2) is 0 Å². The third-order valence-electron chi connectivity index (χ3n) is 5.82. The van der Waals surface area contributed by atoms with Gasteiger partial charge in [-0.05, 0) is 67.6 Å². The molecule has 0 atom stereocenters. The number of amides is 1. The van der Waals surface area contributed by atoms with Gasteiger partial charge in [0.25, 0.3) is 0 Å². The van der Waals surface area contributed by atoms with E-state index in [0.717, 1.165) is 53.1 Å². The second-order valence-electron chi connectivity index (χ2n) is 8.33. The van der Waals surface area contributed by atoms with Crippen molar-refractivity contribution in [3.05, 3.63) is 66.2 Å². The highest BCUT2D eigenvalue weighted by Gasteiger charge is 2.17. The predicted molar refractivity (Wildman–Crippen MR) is 128 cm³/mol. The van der Waals surface area contributed by atoms with Crippen molar-refractivity contribution < 1.29 is 9.53 Å². The van der Waals surface area contributed by atoms with Crippen molar-refractivity contribution in [3.63, 3.8) is 0 Å². The molecule has 1 amide bonds. The van der Waals surface area contributed by atoms with Crippen LogP contribution in [0, 0.1) is 5.92 Å². The lowest BCUT2D eigenvalue weighted by Crippen LogP contribution is -2.33. The van der Waals surface area contributed by atoms with E-state index in [4.69, 9.17) is 4.74 Å². The Morgan fingerprint density at radius 2 is 1.72 bits per heavy atom. The Balaban J connectivity index is 1.33. The van der Waals surface area contributed by atoms with Crippen LogP contribution < -0.4 is 15.0 Å². The molecule has 1 fully saturated rings. The van der Waals surface area contributed by atoms with Crippen LogP contribution in [0.5, 0.6) is 5.75 Å². The van der Waals surface area contributed by atoms with Gasteiger partial charge in [0.05, 0.1) is 18.7 Å². The van der Waals surface area contributed by atoms with Gasteiger partial charge in [-0.15, -0.1) is 10.2 Å². The van der Waals surface area contributed by atoms with Crippen molar-refractivity contribution in [2.24, 2.45) is 5.92 Å². The van der Waals surface area contributed by atoms with E-state index in [2.05, 4.69) is 27.3 Å². The number of anilines is 2. The van der Waals surface area contributed by atoms with Crippen LogP contribution in [0.4, 0.5) is 11.5 Å². The summed E-state index contributed by atoms with van der Waals surface area (Å²) in [5, 5.41) is 11.8. The third-order valence-corrected chi connectivity index (χ3v) is 5.82. The monoisotopic (exact) mass is 430 g/mol. The number of ether oxygens (including phenoxy) is 1. The van der Waals surface area contributed by atoms with Gasteiger partial charge in [0.1, 0.15) is 5.75 Å². The van der Waals surface area contributed by atoms with Gasteiger partial charge < -0.3 is 15.0 Å². The van der Waals surface area contributed by atoms with Gasteiger partial charge in [0.15, 0.2) is 5.82 Å². The summed E-state index contributed by atoms with van der Waals surface area (Å²) < 4.78 is 5.44. The molecule has 2 aromatic carbocycles. The summed E-state index contributed by atoms with van der Waals surface area (Å²) in [7, 11) is 0. The zero-order chi connectivity index (χ0) is 22.3. The van der Waals surface area contributed by atoms with E-state index in [-0.39, 0.29) is 5.91 Å². The van der Waals surface area contributed by atoms with Crippen LogP contribution in [0.2, 0.25) is 0 Å². The Kier molecular flexibility index (Phi) is 7.00. The highest BCUT2D eigenvalue weighted by Crippen LogP contribution is 2.24. The molecule has 0 bridgehead atoms. The molecular weight excluding hydrogens is 400 g/mol. The van der Waals surface area contributed by atoms with Crippen LogP contribution in [0.3, 0.4) is 0 Å². The van der Waals surface area contributed by atoms with E-state index in [1.165, 1.54) is 12.8 Å². The van der Waals surface area contributed by atoms with Crippen LogP contribution in [-0.4, -0.2) is 35.8 Å². The van der Waals surface area contributed by atoms with Crippen LogP contribution in [0.1, 0.15) is 32.3 Å². The van der Waals surface area contributed by atoms with E-state index in [0.29, 0.717) is 13.0 Å². The van der Waals surface area contributed by atoms with E-state index in [1.807, 2.05) is 67.6 Å². The van der Waals surface area contributed by atoms with E-state index < -0.39 is 0 Å². The number of nitrogens with zero attached hydrogens (tertiary/aromatic N) is 3. The van der Waals surface area contributed by atoms with Gasteiger partial charge in [0, 0.05) is 24.3 Å². The number of piperidine rings is 1. The fourth-order valence-corrected chi connectivity index (χ4v) is 3.87. The maximum atomic E-state index is 12.4. The van der Waals surface area contributed by atoms with E-state index in [1.54, 1.807) is 0 Å². The molecule has 0 aliphatic carbocycles. The molecule has 0 saturated carbocycles. The Morgan fingerprint density at radius 3 is 2.34 bits per heavy atom. The van der Waals surface area contributed by atoms with Crippen LogP contribution in [-0.2, 0) is 11.2 Å². The molecule has 6 nitrogen and oxygen atoms in total. The predicted octanol–water partition coefficient (Wildman–Crippen LogP) is 4.96. The quantitative estimate of drug-likeness (QED) is 0.574.